The van der Waals surface area contributed by atoms with Gasteiger partial charge in [-0.25, -0.2) is 4.98 Å². The highest BCUT2D eigenvalue weighted by Crippen LogP contribution is 2.33. The number of carbonyl (C=O) groups excluding carboxylic acids is 1. The summed E-state index contributed by atoms with van der Waals surface area (Å²) in [7, 11) is 0. The second-order valence-electron chi connectivity index (χ2n) is 9.59. The number of nitrogens with one attached hydrogen (secondary N) is 3. The molecule has 2 fully saturated rings. The number of ether oxygens (including phenoxy) is 1. The van der Waals surface area contributed by atoms with E-state index in [9.17, 15) is 4.79 Å². The molecule has 0 radical (unpaired) electrons. The summed E-state index contributed by atoms with van der Waals surface area (Å²) in [6.45, 7) is 4.41. The Bertz CT molecular complexity index is 1370. The number of aromatic nitrogens is 4. The molecule has 3 N–H and O–H groups in total. The largest absolute Gasteiger partial charge is 0.465 e. The Morgan fingerprint density at radius 3 is 2.83 bits per heavy atom. The van der Waals surface area contributed by atoms with Gasteiger partial charge in [0.2, 0.25) is 0 Å². The van der Waals surface area contributed by atoms with E-state index in [-0.39, 0.29) is 17.9 Å². The first kappa shape index (κ1) is 21.7. The fourth-order valence-corrected chi connectivity index (χ4v) is 4.70. The Balaban J connectivity index is 1.14. The van der Waals surface area contributed by atoms with Gasteiger partial charge in [-0.3, -0.25) is 14.8 Å². The van der Waals surface area contributed by atoms with Crippen LogP contribution in [0.2, 0.25) is 0 Å². The number of rotatable bonds is 7. The summed E-state index contributed by atoms with van der Waals surface area (Å²) in [5.41, 5.74) is 6.47. The molecular formula is C27H28N6O2. The van der Waals surface area contributed by atoms with Crippen LogP contribution >= 0.6 is 0 Å². The number of hydrogen-bond acceptors (Lipinski definition) is 7. The second kappa shape index (κ2) is 9.11. The van der Waals surface area contributed by atoms with Gasteiger partial charge < -0.3 is 20.4 Å². The van der Waals surface area contributed by atoms with E-state index < -0.39 is 0 Å². The van der Waals surface area contributed by atoms with Crippen LogP contribution in [0.5, 0.6) is 0 Å². The summed E-state index contributed by atoms with van der Waals surface area (Å²) in [5.74, 6) is 0.412. The van der Waals surface area contributed by atoms with Crippen molar-refractivity contribution in [3.63, 3.8) is 0 Å². The summed E-state index contributed by atoms with van der Waals surface area (Å²) < 4.78 is 5.47. The number of benzene rings is 1. The number of pyridine rings is 2. The minimum absolute atomic E-state index is 0.00567. The lowest BCUT2D eigenvalue weighted by Gasteiger charge is -2.35. The third-order valence-electron chi connectivity index (χ3n) is 6.91. The maximum atomic E-state index is 12.2. The van der Waals surface area contributed by atoms with Crippen molar-refractivity contribution in [3.8, 4) is 22.6 Å². The van der Waals surface area contributed by atoms with Crippen molar-refractivity contribution in [2.45, 2.75) is 25.8 Å². The number of H-pyrrole nitrogens is 1. The molecule has 4 aromatic rings. The van der Waals surface area contributed by atoms with Crippen LogP contribution in [-0.4, -0.2) is 51.6 Å². The molecule has 0 amide bonds. The minimum atomic E-state index is -0.0610. The van der Waals surface area contributed by atoms with E-state index in [1.807, 2.05) is 43.5 Å². The molecule has 3 aromatic heterocycles. The lowest BCUT2D eigenvalue weighted by molar-refractivity contribution is -0.153. The summed E-state index contributed by atoms with van der Waals surface area (Å²) in [4.78, 5) is 29.3. The number of aromatic amines is 1. The highest BCUT2D eigenvalue weighted by molar-refractivity contribution is 5.88. The molecule has 35 heavy (non-hydrogen) atoms. The predicted octanol–water partition coefficient (Wildman–Crippen LogP) is 3.95. The van der Waals surface area contributed by atoms with Gasteiger partial charge in [0.15, 0.2) is 0 Å². The van der Waals surface area contributed by atoms with Gasteiger partial charge in [-0.2, -0.15) is 0 Å². The smallest absolute Gasteiger partial charge is 0.309 e. The third kappa shape index (κ3) is 4.49. The van der Waals surface area contributed by atoms with Gasteiger partial charge in [0, 0.05) is 41.7 Å². The lowest BCUT2D eigenvalue weighted by atomic mass is 9.80. The number of carbonyl (C=O) groups is 1. The van der Waals surface area contributed by atoms with Gasteiger partial charge in [-0.1, -0.05) is 12.1 Å². The molecule has 8 nitrogen and oxygen atoms in total. The number of esters is 1. The van der Waals surface area contributed by atoms with Crippen LogP contribution in [0, 0.1) is 18.8 Å². The van der Waals surface area contributed by atoms with Crippen molar-refractivity contribution >= 4 is 22.6 Å². The molecular weight excluding hydrogens is 440 g/mol. The van der Waals surface area contributed by atoms with E-state index >= 15 is 0 Å². The van der Waals surface area contributed by atoms with Gasteiger partial charge in [0.25, 0.3) is 0 Å². The Kier molecular flexibility index (Phi) is 5.66. The zero-order chi connectivity index (χ0) is 23.8. The first-order valence-corrected chi connectivity index (χ1v) is 12.1. The molecule has 1 saturated heterocycles. The Morgan fingerprint density at radius 2 is 2.03 bits per heavy atom. The Labute approximate surface area is 203 Å². The standard InChI is InChI=1S/C27H28N6O2/c1-16-3-2-4-24(32-16)26-25(30-15-31-26)18-5-6-23-19(7-18)8-22(13-29-23)33-21-9-20(10-21)27(34)35-14-17-11-28-12-17/h2-8,13,15,17,20-21,28,33H,9-12,14H2,1H3,(H,30,31)/t20-,21+. The molecule has 8 heteroatoms. The molecule has 4 heterocycles. The summed E-state index contributed by atoms with van der Waals surface area (Å²) in [6.07, 6.45) is 5.14. The van der Waals surface area contributed by atoms with Crippen LogP contribution in [0.25, 0.3) is 33.5 Å². The topological polar surface area (TPSA) is 105 Å². The van der Waals surface area contributed by atoms with E-state index in [0.29, 0.717) is 12.5 Å². The van der Waals surface area contributed by atoms with E-state index in [4.69, 9.17) is 4.74 Å². The molecule has 0 unspecified atom stereocenters. The predicted molar refractivity (Wildman–Crippen MR) is 135 cm³/mol. The summed E-state index contributed by atoms with van der Waals surface area (Å²) in [5, 5.41) is 7.76. The van der Waals surface area contributed by atoms with Crippen LogP contribution < -0.4 is 10.6 Å². The summed E-state index contributed by atoms with van der Waals surface area (Å²) >= 11 is 0. The van der Waals surface area contributed by atoms with E-state index in [1.165, 1.54) is 0 Å². The Morgan fingerprint density at radius 1 is 1.14 bits per heavy atom. The SMILES string of the molecule is Cc1cccc(-c2[nH]cnc2-c2ccc3ncc(N[C@H]4C[C@@H](C(=O)OCC5CNC5)C4)cc3c2)n1. The number of imidazole rings is 1. The Hall–Kier alpha value is -3.78. The molecule has 0 atom stereocenters. The van der Waals surface area contributed by atoms with Crippen molar-refractivity contribution < 1.29 is 9.53 Å². The van der Waals surface area contributed by atoms with Crippen molar-refractivity contribution in [2.75, 3.05) is 25.0 Å². The maximum absolute atomic E-state index is 12.2. The fourth-order valence-electron chi connectivity index (χ4n) is 4.70. The van der Waals surface area contributed by atoms with Crippen molar-refractivity contribution in [1.29, 1.82) is 0 Å². The van der Waals surface area contributed by atoms with E-state index in [0.717, 1.165) is 70.9 Å². The highest BCUT2D eigenvalue weighted by Gasteiger charge is 2.36. The second-order valence-corrected chi connectivity index (χ2v) is 9.59. The molecule has 6 rings (SSSR count). The van der Waals surface area contributed by atoms with E-state index in [1.54, 1.807) is 6.33 Å². The summed E-state index contributed by atoms with van der Waals surface area (Å²) in [6, 6.07) is 14.5. The van der Waals surface area contributed by atoms with Gasteiger partial charge in [0.1, 0.15) is 0 Å². The molecule has 0 bridgehead atoms. The third-order valence-corrected chi connectivity index (χ3v) is 6.91. The molecule has 1 aromatic carbocycles. The van der Waals surface area contributed by atoms with Crippen LogP contribution in [0.15, 0.2) is 55.0 Å². The van der Waals surface area contributed by atoms with Crippen molar-refractivity contribution in [1.82, 2.24) is 25.3 Å². The molecule has 178 valence electrons. The van der Waals surface area contributed by atoms with Gasteiger partial charge in [-0.05, 0) is 50.1 Å². The van der Waals surface area contributed by atoms with Crippen LogP contribution in [-0.2, 0) is 9.53 Å². The normalized spacial score (nSPS) is 19.7. The number of aryl methyl sites for hydroxylation is 1. The van der Waals surface area contributed by atoms with E-state index in [2.05, 4.69) is 42.7 Å². The molecule has 1 aliphatic carbocycles. The van der Waals surface area contributed by atoms with Crippen LogP contribution in [0.3, 0.4) is 0 Å². The lowest BCUT2D eigenvalue weighted by Crippen LogP contribution is -2.46. The number of fused-ring (bicyclic) bond motifs is 1. The number of anilines is 1. The average Bonchev–Trinajstić information content (AvgIpc) is 3.29. The first-order chi connectivity index (χ1) is 17.1. The fraction of sp³-hybridized carbons (Fsp3) is 0.333. The molecule has 0 spiro atoms. The van der Waals surface area contributed by atoms with Crippen molar-refractivity contribution in [2.24, 2.45) is 11.8 Å². The first-order valence-electron chi connectivity index (χ1n) is 12.1. The monoisotopic (exact) mass is 468 g/mol. The average molecular weight is 469 g/mol. The number of nitrogens with zero attached hydrogens (tertiary/aromatic N) is 3. The molecule has 1 saturated carbocycles. The maximum Gasteiger partial charge on any atom is 0.309 e. The van der Waals surface area contributed by atoms with Crippen LogP contribution in [0.1, 0.15) is 18.5 Å². The van der Waals surface area contributed by atoms with Gasteiger partial charge in [-0.15, -0.1) is 0 Å². The zero-order valence-corrected chi connectivity index (χ0v) is 19.6. The van der Waals surface area contributed by atoms with Crippen molar-refractivity contribution in [3.05, 3.63) is 60.7 Å². The zero-order valence-electron chi connectivity index (χ0n) is 19.6. The molecule has 1 aliphatic heterocycles. The van der Waals surface area contributed by atoms with Crippen LogP contribution in [0.4, 0.5) is 5.69 Å². The number of hydrogen-bond donors (Lipinski definition) is 3. The molecule has 2 aliphatic rings. The highest BCUT2D eigenvalue weighted by atomic mass is 16.5. The van der Waals surface area contributed by atoms with Gasteiger partial charge in [0.05, 0.1) is 53.3 Å². The van der Waals surface area contributed by atoms with Gasteiger partial charge >= 0.3 is 5.97 Å². The quantitative estimate of drug-likeness (QED) is 0.353. The minimum Gasteiger partial charge on any atom is -0.465 e.